The van der Waals surface area contributed by atoms with Crippen molar-refractivity contribution in [1.29, 1.82) is 0 Å². The number of carboxylic acid groups (broad SMARTS) is 1. The summed E-state index contributed by atoms with van der Waals surface area (Å²) in [4.78, 5) is 19.3. The van der Waals surface area contributed by atoms with Gasteiger partial charge >= 0.3 is 57.4 Å². The maximum absolute atomic E-state index is 11.1. The van der Waals surface area contributed by atoms with Crippen molar-refractivity contribution in [3.8, 4) is 11.4 Å². The largest absolute Gasteiger partial charge is 1.00 e. The SMILES string of the molecule is O=C(O)c1cc(-c2ccccn2)n2nc(Br)cc2n1.[H-].[K+]. The molecule has 0 aromatic carbocycles. The minimum Gasteiger partial charge on any atom is -1.00 e. The molecule has 3 rings (SSSR count). The van der Waals surface area contributed by atoms with Gasteiger partial charge in [-0.15, -0.1) is 0 Å². The zero-order chi connectivity index (χ0) is 13.4. The van der Waals surface area contributed by atoms with Crippen LogP contribution in [0.5, 0.6) is 0 Å². The predicted molar refractivity (Wildman–Crippen MR) is 72.0 cm³/mol. The molecule has 3 aromatic heterocycles. The first-order valence-electron chi connectivity index (χ1n) is 5.36. The third-order valence-corrected chi connectivity index (χ3v) is 2.93. The number of pyridine rings is 1. The zero-order valence-corrected chi connectivity index (χ0v) is 15.2. The van der Waals surface area contributed by atoms with E-state index < -0.39 is 5.97 Å². The number of hydrogen-bond acceptors (Lipinski definition) is 4. The summed E-state index contributed by atoms with van der Waals surface area (Å²) in [5.41, 5.74) is 1.62. The second-order valence-corrected chi connectivity index (χ2v) is 4.60. The van der Waals surface area contributed by atoms with Gasteiger partial charge in [0.05, 0.1) is 11.4 Å². The van der Waals surface area contributed by atoms with Crippen LogP contribution in [0.4, 0.5) is 0 Å². The van der Waals surface area contributed by atoms with Crippen molar-refractivity contribution in [2.45, 2.75) is 0 Å². The van der Waals surface area contributed by atoms with Gasteiger partial charge in [-0.1, -0.05) is 6.07 Å². The average molecular weight is 359 g/mol. The summed E-state index contributed by atoms with van der Waals surface area (Å²) in [6.07, 6.45) is 1.64. The molecule has 0 bridgehead atoms. The molecule has 0 aliphatic heterocycles. The summed E-state index contributed by atoms with van der Waals surface area (Å²) in [6, 6.07) is 8.51. The van der Waals surface area contributed by atoms with Crippen LogP contribution < -0.4 is 51.4 Å². The van der Waals surface area contributed by atoms with Crippen LogP contribution in [0.1, 0.15) is 11.9 Å². The molecule has 0 radical (unpaired) electrons. The second-order valence-electron chi connectivity index (χ2n) is 3.78. The van der Waals surface area contributed by atoms with E-state index >= 15 is 0 Å². The Morgan fingerprint density at radius 1 is 1.35 bits per heavy atom. The maximum Gasteiger partial charge on any atom is 1.00 e. The number of fused-ring (bicyclic) bond motifs is 1. The molecule has 8 heteroatoms. The molecule has 3 aromatic rings. The first-order chi connectivity index (χ1) is 9.15. The van der Waals surface area contributed by atoms with Crippen LogP contribution in [-0.4, -0.2) is 30.7 Å². The van der Waals surface area contributed by atoms with E-state index in [4.69, 9.17) is 5.11 Å². The Labute approximate surface area is 166 Å². The molecule has 0 fully saturated rings. The standard InChI is InChI=1S/C12H7BrN4O2.K.H/c13-10-6-11-15-8(12(18)19)5-9(17(11)16-10)7-3-1-2-4-14-7;;/h1-6H,(H,18,19);;/q;+1;-1. The number of halogens is 1. The van der Waals surface area contributed by atoms with Crippen LogP contribution in [-0.2, 0) is 0 Å². The Kier molecular flexibility index (Phi) is 5.05. The van der Waals surface area contributed by atoms with Gasteiger partial charge in [-0.25, -0.2) is 14.3 Å². The Bertz CT molecular complexity index is 782. The van der Waals surface area contributed by atoms with Gasteiger partial charge < -0.3 is 6.53 Å². The molecular formula is C12H8BrKN4O2. The molecule has 0 amide bonds. The topological polar surface area (TPSA) is 80.4 Å². The molecule has 0 saturated carbocycles. The first-order valence-corrected chi connectivity index (χ1v) is 6.15. The van der Waals surface area contributed by atoms with Crippen molar-refractivity contribution in [2.75, 3.05) is 0 Å². The van der Waals surface area contributed by atoms with Crippen molar-refractivity contribution in [3.05, 3.63) is 46.8 Å². The summed E-state index contributed by atoms with van der Waals surface area (Å²) >= 11 is 3.25. The van der Waals surface area contributed by atoms with Crippen LogP contribution in [0, 0.1) is 0 Å². The van der Waals surface area contributed by atoms with E-state index in [9.17, 15) is 4.79 Å². The summed E-state index contributed by atoms with van der Waals surface area (Å²) in [5.74, 6) is -1.09. The molecule has 0 spiro atoms. The van der Waals surface area contributed by atoms with E-state index in [-0.39, 0.29) is 58.5 Å². The van der Waals surface area contributed by atoms with E-state index in [0.29, 0.717) is 21.6 Å². The fourth-order valence-corrected chi connectivity index (χ4v) is 2.12. The quantitative estimate of drug-likeness (QED) is 0.617. The molecule has 0 aliphatic rings. The zero-order valence-electron chi connectivity index (χ0n) is 11.5. The fourth-order valence-electron chi connectivity index (χ4n) is 1.75. The Morgan fingerprint density at radius 3 is 2.80 bits per heavy atom. The van der Waals surface area contributed by atoms with E-state index in [2.05, 4.69) is 31.0 Å². The van der Waals surface area contributed by atoms with Crippen LogP contribution in [0.15, 0.2) is 41.1 Å². The van der Waals surface area contributed by atoms with E-state index in [1.54, 1.807) is 28.9 Å². The van der Waals surface area contributed by atoms with Crippen LogP contribution in [0.2, 0.25) is 0 Å². The number of hydrogen-bond donors (Lipinski definition) is 1. The number of nitrogens with zero attached hydrogens (tertiary/aromatic N) is 4. The van der Waals surface area contributed by atoms with Gasteiger partial charge in [0, 0.05) is 12.3 Å². The fraction of sp³-hybridized carbons (Fsp3) is 0. The normalized spacial score (nSPS) is 10.2. The molecule has 6 nitrogen and oxygen atoms in total. The van der Waals surface area contributed by atoms with Crippen molar-refractivity contribution >= 4 is 27.5 Å². The van der Waals surface area contributed by atoms with Crippen molar-refractivity contribution in [1.82, 2.24) is 19.6 Å². The van der Waals surface area contributed by atoms with Gasteiger partial charge in [-0.2, -0.15) is 5.10 Å². The molecule has 1 N–H and O–H groups in total. The van der Waals surface area contributed by atoms with Crippen molar-refractivity contribution in [3.63, 3.8) is 0 Å². The van der Waals surface area contributed by atoms with Gasteiger partial charge in [0.15, 0.2) is 11.3 Å². The molecule has 0 atom stereocenters. The second kappa shape index (κ2) is 6.42. The Morgan fingerprint density at radius 2 is 2.15 bits per heavy atom. The average Bonchev–Trinajstić information content (AvgIpc) is 2.78. The summed E-state index contributed by atoms with van der Waals surface area (Å²) in [6.45, 7) is 0. The number of carbonyl (C=O) groups is 1. The minimum atomic E-state index is -1.09. The van der Waals surface area contributed by atoms with Crippen LogP contribution in [0.3, 0.4) is 0 Å². The van der Waals surface area contributed by atoms with Crippen LogP contribution in [0.25, 0.3) is 17.0 Å². The number of aromatic carboxylic acids is 1. The third-order valence-electron chi connectivity index (χ3n) is 2.54. The van der Waals surface area contributed by atoms with Gasteiger partial charge in [-0.05, 0) is 34.1 Å². The van der Waals surface area contributed by atoms with E-state index in [0.717, 1.165) is 0 Å². The van der Waals surface area contributed by atoms with Gasteiger partial charge in [0.2, 0.25) is 0 Å². The monoisotopic (exact) mass is 358 g/mol. The molecule has 3 heterocycles. The van der Waals surface area contributed by atoms with E-state index in [1.807, 2.05) is 6.07 Å². The summed E-state index contributed by atoms with van der Waals surface area (Å²) in [5, 5.41) is 13.3. The summed E-state index contributed by atoms with van der Waals surface area (Å²) in [7, 11) is 0. The van der Waals surface area contributed by atoms with Gasteiger partial charge in [-0.3, -0.25) is 4.98 Å². The molecule has 0 aliphatic carbocycles. The first kappa shape index (κ1) is 15.7. The predicted octanol–water partition coefficient (Wildman–Crippen LogP) is -0.632. The smallest absolute Gasteiger partial charge is 1.00 e. The van der Waals surface area contributed by atoms with E-state index in [1.165, 1.54) is 6.07 Å². The van der Waals surface area contributed by atoms with Crippen LogP contribution >= 0.6 is 15.9 Å². The maximum atomic E-state index is 11.1. The number of rotatable bonds is 2. The van der Waals surface area contributed by atoms with Gasteiger partial charge in [0.25, 0.3) is 0 Å². The molecular weight excluding hydrogens is 351 g/mol. The van der Waals surface area contributed by atoms with Crippen molar-refractivity contribution < 1.29 is 62.7 Å². The Hall–Kier alpha value is -0.644. The molecule has 0 saturated heterocycles. The Balaban J connectivity index is 0.00000110. The molecule has 0 unspecified atom stereocenters. The third kappa shape index (κ3) is 3.00. The number of aromatic nitrogens is 4. The van der Waals surface area contributed by atoms with Crippen molar-refractivity contribution in [2.24, 2.45) is 0 Å². The number of carboxylic acids is 1. The molecule has 20 heavy (non-hydrogen) atoms. The summed E-state index contributed by atoms with van der Waals surface area (Å²) < 4.78 is 2.14. The molecule has 96 valence electrons. The minimum absolute atomic E-state index is 0. The van der Waals surface area contributed by atoms with Gasteiger partial charge in [0.1, 0.15) is 4.60 Å².